The van der Waals surface area contributed by atoms with Gasteiger partial charge < -0.3 is 19.2 Å². The summed E-state index contributed by atoms with van der Waals surface area (Å²) in [6.07, 6.45) is 0.671. The summed E-state index contributed by atoms with van der Waals surface area (Å²) in [5.74, 6) is -1.05. The minimum atomic E-state index is -0.763. The van der Waals surface area contributed by atoms with Gasteiger partial charge in [-0.25, -0.2) is 0 Å². The molecule has 2 aromatic carbocycles. The first-order valence-corrected chi connectivity index (χ1v) is 10.4. The van der Waals surface area contributed by atoms with Gasteiger partial charge in [0.05, 0.1) is 18.7 Å². The van der Waals surface area contributed by atoms with E-state index in [-0.39, 0.29) is 11.3 Å². The van der Waals surface area contributed by atoms with Gasteiger partial charge in [0.15, 0.2) is 11.5 Å². The molecule has 7 heteroatoms. The zero-order chi connectivity index (χ0) is 21.4. The SMILES string of the molecule is CCCN1C(=O)C(O)=C(C(=O)c2cc3cc(Br)ccc3o2)C1c1ccccc1OC. The van der Waals surface area contributed by atoms with Crippen LogP contribution in [-0.4, -0.2) is 35.4 Å². The summed E-state index contributed by atoms with van der Waals surface area (Å²) in [6, 6.07) is 13.4. The van der Waals surface area contributed by atoms with E-state index in [4.69, 9.17) is 9.15 Å². The standard InChI is InChI=1S/C23H20BrNO5/c1-3-10-25-20(15-6-4-5-7-17(15)29-2)19(22(27)23(25)28)21(26)18-12-13-11-14(24)8-9-16(13)30-18/h4-9,11-12,20,27H,3,10H2,1-2H3. The predicted octanol–water partition coefficient (Wildman–Crippen LogP) is 5.19. The van der Waals surface area contributed by atoms with Crippen LogP contribution in [-0.2, 0) is 4.79 Å². The van der Waals surface area contributed by atoms with Gasteiger partial charge in [0.25, 0.3) is 5.91 Å². The van der Waals surface area contributed by atoms with E-state index in [1.165, 1.54) is 12.0 Å². The number of halogens is 1. The maximum Gasteiger partial charge on any atom is 0.290 e. The summed E-state index contributed by atoms with van der Waals surface area (Å²) in [7, 11) is 1.53. The topological polar surface area (TPSA) is 80.0 Å². The van der Waals surface area contributed by atoms with Crippen LogP contribution in [0.4, 0.5) is 0 Å². The Kier molecular flexibility index (Phi) is 5.39. The maximum absolute atomic E-state index is 13.4. The lowest BCUT2D eigenvalue weighted by molar-refractivity contribution is -0.129. The fraction of sp³-hybridized carbons (Fsp3) is 0.217. The molecule has 0 fully saturated rings. The maximum atomic E-state index is 13.4. The highest BCUT2D eigenvalue weighted by Crippen LogP contribution is 2.42. The van der Waals surface area contributed by atoms with Crippen molar-refractivity contribution in [3.8, 4) is 5.75 Å². The first kappa shape index (κ1) is 20.2. The number of ketones is 1. The molecular weight excluding hydrogens is 450 g/mol. The lowest BCUT2D eigenvalue weighted by Crippen LogP contribution is -2.32. The van der Waals surface area contributed by atoms with Crippen molar-refractivity contribution in [1.82, 2.24) is 4.90 Å². The number of nitrogens with zero attached hydrogens (tertiary/aromatic N) is 1. The van der Waals surface area contributed by atoms with E-state index < -0.39 is 23.5 Å². The zero-order valence-electron chi connectivity index (χ0n) is 16.5. The second-order valence-corrected chi connectivity index (χ2v) is 7.94. The van der Waals surface area contributed by atoms with E-state index in [1.807, 2.05) is 31.2 Å². The average molecular weight is 470 g/mol. The van der Waals surface area contributed by atoms with Gasteiger partial charge in [-0.2, -0.15) is 0 Å². The molecule has 1 amide bonds. The van der Waals surface area contributed by atoms with Crippen molar-refractivity contribution in [2.45, 2.75) is 19.4 Å². The molecule has 0 spiro atoms. The Morgan fingerprint density at radius 3 is 2.73 bits per heavy atom. The average Bonchev–Trinajstić information content (AvgIpc) is 3.27. The number of aliphatic hydroxyl groups excluding tert-OH is 1. The minimum absolute atomic E-state index is 0.00364. The number of carbonyl (C=O) groups excluding carboxylic acids is 2. The fourth-order valence-corrected chi connectivity index (χ4v) is 4.21. The molecule has 0 aliphatic carbocycles. The van der Waals surface area contributed by atoms with Gasteiger partial charge in [-0.15, -0.1) is 0 Å². The smallest absolute Gasteiger partial charge is 0.290 e. The van der Waals surface area contributed by atoms with Crippen molar-refractivity contribution in [2.24, 2.45) is 0 Å². The summed E-state index contributed by atoms with van der Waals surface area (Å²) in [4.78, 5) is 27.8. The number of amides is 1. The first-order valence-electron chi connectivity index (χ1n) is 9.57. The fourth-order valence-electron chi connectivity index (χ4n) is 3.83. The Labute approximate surface area is 181 Å². The molecule has 6 nitrogen and oxygen atoms in total. The number of ether oxygens (including phenoxy) is 1. The number of hydrogen-bond donors (Lipinski definition) is 1. The predicted molar refractivity (Wildman–Crippen MR) is 116 cm³/mol. The van der Waals surface area contributed by atoms with Crippen LogP contribution in [0.1, 0.15) is 35.5 Å². The highest BCUT2D eigenvalue weighted by atomic mass is 79.9. The van der Waals surface area contributed by atoms with Crippen molar-refractivity contribution in [3.05, 3.63) is 75.7 Å². The molecule has 30 heavy (non-hydrogen) atoms. The Morgan fingerprint density at radius 1 is 1.23 bits per heavy atom. The van der Waals surface area contributed by atoms with Crippen LogP contribution >= 0.6 is 15.9 Å². The molecule has 154 valence electrons. The number of aliphatic hydroxyl groups is 1. The van der Waals surface area contributed by atoms with Crippen LogP contribution < -0.4 is 4.74 Å². The third-order valence-electron chi connectivity index (χ3n) is 5.15. The summed E-state index contributed by atoms with van der Waals surface area (Å²) in [5, 5.41) is 11.4. The molecule has 0 radical (unpaired) electrons. The van der Waals surface area contributed by atoms with E-state index in [0.717, 1.165) is 9.86 Å². The van der Waals surface area contributed by atoms with Crippen molar-refractivity contribution in [2.75, 3.05) is 13.7 Å². The molecule has 1 N–H and O–H groups in total. The molecule has 1 aliphatic rings. The van der Waals surface area contributed by atoms with Crippen molar-refractivity contribution in [3.63, 3.8) is 0 Å². The van der Waals surface area contributed by atoms with E-state index in [1.54, 1.807) is 24.3 Å². The lowest BCUT2D eigenvalue weighted by Gasteiger charge is -2.27. The normalized spacial score (nSPS) is 16.6. The molecule has 2 heterocycles. The number of rotatable bonds is 6. The first-order chi connectivity index (χ1) is 14.5. The number of fused-ring (bicyclic) bond motifs is 1. The Balaban J connectivity index is 1.85. The van der Waals surface area contributed by atoms with E-state index in [0.29, 0.717) is 29.9 Å². The molecular formula is C23H20BrNO5. The van der Waals surface area contributed by atoms with Crippen LogP contribution in [0.2, 0.25) is 0 Å². The summed E-state index contributed by atoms with van der Waals surface area (Å²) >= 11 is 3.40. The molecule has 3 aromatic rings. The summed E-state index contributed by atoms with van der Waals surface area (Å²) in [5.41, 5.74) is 1.18. The Morgan fingerprint density at radius 2 is 2.00 bits per heavy atom. The van der Waals surface area contributed by atoms with Gasteiger partial charge in [0.2, 0.25) is 5.78 Å². The number of furan rings is 1. The molecule has 0 saturated carbocycles. The Bertz CT molecular complexity index is 1180. The van der Waals surface area contributed by atoms with Gasteiger partial charge in [0.1, 0.15) is 11.3 Å². The molecule has 1 unspecified atom stereocenters. The number of methoxy groups -OCH3 is 1. The number of para-hydroxylation sites is 1. The molecule has 4 rings (SSSR count). The molecule has 0 saturated heterocycles. The van der Waals surface area contributed by atoms with Gasteiger partial charge in [-0.1, -0.05) is 41.1 Å². The van der Waals surface area contributed by atoms with Crippen LogP contribution in [0, 0.1) is 0 Å². The number of Topliss-reactive ketones (excluding diaryl/α,β-unsaturated/α-hetero) is 1. The van der Waals surface area contributed by atoms with Crippen molar-refractivity contribution in [1.29, 1.82) is 0 Å². The summed E-state index contributed by atoms with van der Waals surface area (Å²) in [6.45, 7) is 2.32. The monoisotopic (exact) mass is 469 g/mol. The Hall–Kier alpha value is -3.06. The lowest BCUT2D eigenvalue weighted by atomic mass is 9.94. The second-order valence-electron chi connectivity index (χ2n) is 7.03. The third kappa shape index (κ3) is 3.29. The van der Waals surface area contributed by atoms with E-state index in [2.05, 4.69) is 15.9 Å². The zero-order valence-corrected chi connectivity index (χ0v) is 18.1. The number of benzene rings is 2. The van der Waals surface area contributed by atoms with Crippen molar-refractivity contribution >= 4 is 38.6 Å². The van der Waals surface area contributed by atoms with E-state index in [9.17, 15) is 14.7 Å². The highest BCUT2D eigenvalue weighted by molar-refractivity contribution is 9.10. The van der Waals surface area contributed by atoms with Gasteiger partial charge in [-0.3, -0.25) is 9.59 Å². The highest BCUT2D eigenvalue weighted by Gasteiger charge is 2.45. The van der Waals surface area contributed by atoms with Gasteiger partial charge in [-0.05, 0) is 36.8 Å². The van der Waals surface area contributed by atoms with Gasteiger partial charge in [0, 0.05) is 22.0 Å². The van der Waals surface area contributed by atoms with Crippen LogP contribution in [0.25, 0.3) is 11.0 Å². The minimum Gasteiger partial charge on any atom is -0.503 e. The molecule has 1 aliphatic heterocycles. The van der Waals surface area contributed by atoms with Crippen LogP contribution in [0.5, 0.6) is 5.75 Å². The number of hydrogen-bond acceptors (Lipinski definition) is 5. The van der Waals surface area contributed by atoms with Crippen LogP contribution in [0.15, 0.2) is 68.8 Å². The van der Waals surface area contributed by atoms with Crippen molar-refractivity contribution < 1.29 is 23.8 Å². The summed E-state index contributed by atoms with van der Waals surface area (Å²) < 4.78 is 12.1. The number of carbonyl (C=O) groups is 2. The third-order valence-corrected chi connectivity index (χ3v) is 5.64. The largest absolute Gasteiger partial charge is 0.503 e. The van der Waals surface area contributed by atoms with Gasteiger partial charge >= 0.3 is 0 Å². The quantitative estimate of drug-likeness (QED) is 0.502. The van der Waals surface area contributed by atoms with Crippen LogP contribution in [0.3, 0.4) is 0 Å². The van der Waals surface area contributed by atoms with E-state index >= 15 is 0 Å². The molecule has 1 aromatic heterocycles. The second kappa shape index (κ2) is 7.99. The molecule has 0 bridgehead atoms. The molecule has 1 atom stereocenters.